The van der Waals surface area contributed by atoms with Crippen molar-refractivity contribution in [3.63, 3.8) is 0 Å². The lowest BCUT2D eigenvalue weighted by Crippen LogP contribution is -2.31. The fraction of sp³-hybridized carbons (Fsp3) is 0.261. The van der Waals surface area contributed by atoms with Crippen molar-refractivity contribution >= 4 is 29.1 Å². The highest BCUT2D eigenvalue weighted by Gasteiger charge is 2.38. The van der Waals surface area contributed by atoms with Crippen molar-refractivity contribution in [1.29, 1.82) is 5.26 Å². The van der Waals surface area contributed by atoms with Crippen molar-refractivity contribution in [2.75, 3.05) is 11.1 Å². The molecule has 1 aliphatic heterocycles. The quantitative estimate of drug-likeness (QED) is 0.746. The largest absolute Gasteiger partial charge is 0.468 e. The van der Waals surface area contributed by atoms with Crippen molar-refractivity contribution < 1.29 is 14.0 Å². The molecular formula is C23H21N3O3S. The molecule has 1 atom stereocenters. The second-order valence-electron chi connectivity index (χ2n) is 7.30. The molecule has 0 saturated heterocycles. The van der Waals surface area contributed by atoms with E-state index in [1.54, 1.807) is 18.4 Å². The molecule has 2 heterocycles. The van der Waals surface area contributed by atoms with E-state index >= 15 is 0 Å². The van der Waals surface area contributed by atoms with E-state index in [2.05, 4.69) is 16.7 Å². The van der Waals surface area contributed by atoms with Crippen LogP contribution in [0.2, 0.25) is 0 Å². The van der Waals surface area contributed by atoms with E-state index in [9.17, 15) is 14.9 Å². The van der Waals surface area contributed by atoms with Crippen LogP contribution in [0, 0.1) is 18.3 Å². The van der Waals surface area contributed by atoms with Gasteiger partial charge in [-0.05, 0) is 44.0 Å². The summed E-state index contributed by atoms with van der Waals surface area (Å²) in [5, 5.41) is 16.6. The molecule has 4 rings (SSSR count). The number of carbonyl (C=O) groups is 2. The number of anilines is 1. The highest BCUT2D eigenvalue weighted by Crippen LogP contribution is 2.44. The predicted molar refractivity (Wildman–Crippen MR) is 115 cm³/mol. The van der Waals surface area contributed by atoms with Crippen molar-refractivity contribution in [1.82, 2.24) is 5.32 Å². The van der Waals surface area contributed by atoms with Crippen LogP contribution in [-0.4, -0.2) is 17.4 Å². The van der Waals surface area contributed by atoms with E-state index in [4.69, 9.17) is 4.42 Å². The Kier molecular flexibility index (Phi) is 5.77. The summed E-state index contributed by atoms with van der Waals surface area (Å²) in [5.74, 6) is 0.0568. The summed E-state index contributed by atoms with van der Waals surface area (Å²) in [6, 6.07) is 13.4. The summed E-state index contributed by atoms with van der Waals surface area (Å²) in [5.41, 5.74) is 3.70. The van der Waals surface area contributed by atoms with Gasteiger partial charge in [0, 0.05) is 23.4 Å². The molecule has 0 spiro atoms. The Morgan fingerprint density at radius 3 is 2.80 bits per heavy atom. The van der Waals surface area contributed by atoms with Gasteiger partial charge in [-0.2, -0.15) is 5.26 Å². The Hall–Kier alpha value is -3.24. The summed E-state index contributed by atoms with van der Waals surface area (Å²) in [7, 11) is 0. The maximum absolute atomic E-state index is 12.7. The van der Waals surface area contributed by atoms with Gasteiger partial charge in [0.25, 0.3) is 0 Å². The van der Waals surface area contributed by atoms with Crippen LogP contribution in [0.3, 0.4) is 0 Å². The first-order chi connectivity index (χ1) is 14.6. The molecule has 0 saturated carbocycles. The molecule has 2 N–H and O–H groups in total. The third kappa shape index (κ3) is 4.05. The van der Waals surface area contributed by atoms with Crippen LogP contribution in [0.5, 0.6) is 0 Å². The number of aryl methyl sites for hydroxylation is 1. The molecule has 30 heavy (non-hydrogen) atoms. The van der Waals surface area contributed by atoms with Crippen LogP contribution >= 0.6 is 11.8 Å². The number of hydrogen-bond donors (Lipinski definition) is 2. The van der Waals surface area contributed by atoms with E-state index in [1.807, 2.05) is 31.2 Å². The van der Waals surface area contributed by atoms with Crippen molar-refractivity contribution in [2.24, 2.45) is 0 Å². The summed E-state index contributed by atoms with van der Waals surface area (Å²) >= 11 is 1.27. The molecule has 152 valence electrons. The number of hydrogen-bond acceptors (Lipinski definition) is 6. The van der Waals surface area contributed by atoms with Gasteiger partial charge in [-0.25, -0.2) is 0 Å². The van der Waals surface area contributed by atoms with E-state index in [-0.39, 0.29) is 17.4 Å². The van der Waals surface area contributed by atoms with Crippen LogP contribution < -0.4 is 10.6 Å². The van der Waals surface area contributed by atoms with E-state index in [1.165, 1.54) is 11.8 Å². The van der Waals surface area contributed by atoms with Crippen molar-refractivity contribution in [3.8, 4) is 6.07 Å². The number of allylic oxidation sites excluding steroid dienone is 3. The third-order valence-electron chi connectivity index (χ3n) is 5.17. The number of ketones is 1. The number of Topliss-reactive ketones (excluding diaryl/α,β-unsaturated/α-hetero) is 1. The van der Waals surface area contributed by atoms with E-state index in [0.717, 1.165) is 29.8 Å². The lowest BCUT2D eigenvalue weighted by atomic mass is 9.79. The molecule has 7 heteroatoms. The van der Waals surface area contributed by atoms with Crippen LogP contribution in [0.15, 0.2) is 69.0 Å². The summed E-state index contributed by atoms with van der Waals surface area (Å²) in [4.78, 5) is 25.1. The second-order valence-corrected chi connectivity index (χ2v) is 8.29. The predicted octanol–water partition coefficient (Wildman–Crippen LogP) is 4.39. The number of benzene rings is 1. The highest BCUT2D eigenvalue weighted by atomic mass is 32.2. The molecule has 2 aliphatic rings. The zero-order valence-electron chi connectivity index (χ0n) is 16.5. The maximum Gasteiger partial charge on any atom is 0.234 e. The molecule has 0 bridgehead atoms. The molecule has 2 aromatic rings. The number of nitrogens with one attached hydrogen (secondary N) is 2. The fourth-order valence-electron chi connectivity index (χ4n) is 3.75. The van der Waals surface area contributed by atoms with Crippen molar-refractivity contribution in [3.05, 3.63) is 75.9 Å². The highest BCUT2D eigenvalue weighted by molar-refractivity contribution is 8.03. The normalized spacial score (nSPS) is 18.5. The van der Waals surface area contributed by atoms with Gasteiger partial charge in [0.2, 0.25) is 5.91 Å². The Labute approximate surface area is 179 Å². The summed E-state index contributed by atoms with van der Waals surface area (Å²) in [6.07, 6.45) is 3.51. The number of nitrogens with zero attached hydrogens (tertiary/aromatic N) is 1. The Morgan fingerprint density at radius 2 is 2.10 bits per heavy atom. The number of rotatable bonds is 5. The first kappa shape index (κ1) is 20.0. The topological polar surface area (TPSA) is 95.1 Å². The van der Waals surface area contributed by atoms with Gasteiger partial charge in [0.1, 0.15) is 5.76 Å². The van der Waals surface area contributed by atoms with Crippen LogP contribution in [0.4, 0.5) is 5.69 Å². The molecule has 0 fully saturated rings. The van der Waals surface area contributed by atoms with Crippen LogP contribution in [0.1, 0.15) is 36.5 Å². The molecular weight excluding hydrogens is 398 g/mol. The Morgan fingerprint density at radius 1 is 1.30 bits per heavy atom. The molecule has 6 nitrogen and oxygen atoms in total. The fourth-order valence-corrected chi connectivity index (χ4v) is 4.61. The first-order valence-electron chi connectivity index (χ1n) is 9.77. The van der Waals surface area contributed by atoms with Gasteiger partial charge in [-0.3, -0.25) is 9.59 Å². The number of furan rings is 1. The monoisotopic (exact) mass is 419 g/mol. The third-order valence-corrected chi connectivity index (χ3v) is 6.19. The van der Waals surface area contributed by atoms with Gasteiger partial charge in [0.15, 0.2) is 5.78 Å². The maximum atomic E-state index is 12.7. The molecule has 1 aromatic carbocycles. The number of dihydropyridines is 1. The molecule has 1 aromatic heterocycles. The Bertz CT molecular complexity index is 1080. The summed E-state index contributed by atoms with van der Waals surface area (Å²) < 4.78 is 5.58. The van der Waals surface area contributed by atoms with E-state index in [0.29, 0.717) is 28.4 Å². The lowest BCUT2D eigenvalue weighted by molar-refractivity contribution is -0.116. The minimum Gasteiger partial charge on any atom is -0.468 e. The SMILES string of the molecule is Cc1ccc(NC(=O)CSC2=C(C#N)[C@@H](c3ccco3)C3=C(CCCC3=O)N2)cc1. The minimum atomic E-state index is -0.531. The minimum absolute atomic E-state index is 0.0408. The number of carbonyl (C=O) groups excluding carboxylic acids is 2. The van der Waals surface area contributed by atoms with Crippen molar-refractivity contribution in [2.45, 2.75) is 32.1 Å². The Balaban J connectivity index is 1.56. The zero-order chi connectivity index (χ0) is 21.1. The smallest absolute Gasteiger partial charge is 0.234 e. The van der Waals surface area contributed by atoms with Crippen LogP contribution in [0.25, 0.3) is 0 Å². The molecule has 0 unspecified atom stereocenters. The first-order valence-corrected chi connectivity index (χ1v) is 10.8. The van der Waals surface area contributed by atoms with Crippen LogP contribution in [-0.2, 0) is 9.59 Å². The van der Waals surface area contributed by atoms with Gasteiger partial charge in [-0.1, -0.05) is 29.5 Å². The van der Waals surface area contributed by atoms with E-state index < -0.39 is 5.92 Å². The lowest BCUT2D eigenvalue weighted by Gasteiger charge is -2.32. The van der Waals surface area contributed by atoms with Gasteiger partial charge < -0.3 is 15.1 Å². The second kappa shape index (κ2) is 8.64. The molecule has 0 radical (unpaired) electrons. The molecule has 1 aliphatic carbocycles. The van der Waals surface area contributed by atoms with Gasteiger partial charge in [-0.15, -0.1) is 0 Å². The standard InChI is InChI=1S/C23H21N3O3S/c1-14-7-9-15(10-8-14)25-20(28)13-30-23-16(12-24)21(19-6-3-11-29-19)22-17(26-23)4-2-5-18(22)27/h3,6-11,21,26H,2,4-5,13H2,1H3,(H,25,28)/t21-/m0/s1. The number of thioether (sulfide) groups is 1. The van der Waals surface area contributed by atoms with Gasteiger partial charge >= 0.3 is 0 Å². The number of amides is 1. The average Bonchev–Trinajstić information content (AvgIpc) is 3.27. The zero-order valence-corrected chi connectivity index (χ0v) is 17.3. The van der Waals surface area contributed by atoms with Gasteiger partial charge in [0.05, 0.1) is 34.6 Å². The summed E-state index contributed by atoms with van der Waals surface area (Å²) in [6.45, 7) is 1.99. The average molecular weight is 420 g/mol. The number of nitriles is 1. The molecule has 1 amide bonds.